The maximum atomic E-state index is 11.9. The number of H-pyrrole nitrogens is 1. The van der Waals surface area contributed by atoms with Crippen molar-refractivity contribution in [2.24, 2.45) is 0 Å². The fourth-order valence-corrected chi connectivity index (χ4v) is 1.91. The summed E-state index contributed by atoms with van der Waals surface area (Å²) in [6.07, 6.45) is 3.33. The maximum absolute atomic E-state index is 11.9. The van der Waals surface area contributed by atoms with Gasteiger partial charge in [0, 0.05) is 16.9 Å². The molecule has 0 aliphatic rings. The van der Waals surface area contributed by atoms with Gasteiger partial charge in [0.25, 0.3) is 5.91 Å². The number of amides is 1. The largest absolute Gasteiger partial charge is 0.347 e. The van der Waals surface area contributed by atoms with Gasteiger partial charge in [-0.2, -0.15) is 0 Å². The van der Waals surface area contributed by atoms with E-state index in [1.54, 1.807) is 30.6 Å². The number of halogens is 2. The Labute approximate surface area is 112 Å². The molecule has 1 amide bonds. The van der Waals surface area contributed by atoms with Crippen LogP contribution in [0.25, 0.3) is 0 Å². The number of nitrogens with zero attached hydrogens (tertiary/aromatic N) is 1. The van der Waals surface area contributed by atoms with Crippen molar-refractivity contribution in [3.63, 3.8) is 0 Å². The van der Waals surface area contributed by atoms with Crippen molar-refractivity contribution in [1.82, 2.24) is 15.3 Å². The molecule has 1 heterocycles. The Morgan fingerprint density at radius 2 is 2.35 bits per heavy atom. The number of aromatic amines is 1. The molecule has 2 N–H and O–H groups in total. The van der Waals surface area contributed by atoms with Gasteiger partial charge >= 0.3 is 0 Å². The zero-order chi connectivity index (χ0) is 12.3. The molecule has 0 unspecified atom stereocenters. The van der Waals surface area contributed by atoms with Crippen molar-refractivity contribution in [3.05, 3.63) is 51.5 Å². The fourth-order valence-electron chi connectivity index (χ4n) is 1.33. The molecule has 0 fully saturated rings. The lowest BCUT2D eigenvalue weighted by atomic mass is 10.2. The standard InChI is InChI=1S/C11H9BrClN3O/c12-8-3-1-2-7(10(8)13)11(17)16-6-9-14-4-5-15-9/h1-5H,6H2,(H,14,15)(H,16,17). The van der Waals surface area contributed by atoms with Gasteiger partial charge in [0.2, 0.25) is 0 Å². The summed E-state index contributed by atoms with van der Waals surface area (Å²) >= 11 is 9.29. The highest BCUT2D eigenvalue weighted by atomic mass is 79.9. The van der Waals surface area contributed by atoms with E-state index < -0.39 is 0 Å². The molecule has 0 aliphatic carbocycles. The number of carbonyl (C=O) groups excluding carboxylic acids is 1. The van der Waals surface area contributed by atoms with Crippen LogP contribution in [-0.4, -0.2) is 15.9 Å². The second-order valence-electron chi connectivity index (χ2n) is 3.32. The minimum absolute atomic E-state index is 0.229. The highest BCUT2D eigenvalue weighted by Crippen LogP contribution is 2.25. The van der Waals surface area contributed by atoms with Crippen molar-refractivity contribution >= 4 is 33.4 Å². The summed E-state index contributed by atoms with van der Waals surface area (Å²) < 4.78 is 0.699. The SMILES string of the molecule is O=C(NCc1ncc[nH]1)c1cccc(Br)c1Cl. The highest BCUT2D eigenvalue weighted by Gasteiger charge is 2.12. The van der Waals surface area contributed by atoms with Crippen LogP contribution in [0.2, 0.25) is 5.02 Å². The van der Waals surface area contributed by atoms with Crippen LogP contribution in [0.5, 0.6) is 0 Å². The second-order valence-corrected chi connectivity index (χ2v) is 4.55. The van der Waals surface area contributed by atoms with Crippen molar-refractivity contribution in [1.29, 1.82) is 0 Å². The molecule has 0 saturated heterocycles. The molecule has 0 saturated carbocycles. The first-order valence-electron chi connectivity index (χ1n) is 4.89. The summed E-state index contributed by atoms with van der Waals surface area (Å²) in [6.45, 7) is 0.342. The topological polar surface area (TPSA) is 57.8 Å². The summed E-state index contributed by atoms with van der Waals surface area (Å²) in [5, 5.41) is 3.14. The molecule has 1 aromatic heterocycles. The van der Waals surface area contributed by atoms with Crippen LogP contribution in [0.1, 0.15) is 16.2 Å². The third kappa shape index (κ3) is 2.87. The monoisotopic (exact) mass is 313 g/mol. The van der Waals surface area contributed by atoms with Crippen LogP contribution >= 0.6 is 27.5 Å². The number of carbonyl (C=O) groups is 1. The molecule has 1 aromatic carbocycles. The van der Waals surface area contributed by atoms with Gasteiger partial charge in [-0.25, -0.2) is 4.98 Å². The molecule has 17 heavy (non-hydrogen) atoms. The molecule has 0 atom stereocenters. The third-order valence-corrected chi connectivity index (χ3v) is 3.46. The number of hydrogen-bond acceptors (Lipinski definition) is 2. The smallest absolute Gasteiger partial charge is 0.253 e. The highest BCUT2D eigenvalue weighted by molar-refractivity contribution is 9.10. The van der Waals surface area contributed by atoms with Crippen LogP contribution in [0, 0.1) is 0 Å². The van der Waals surface area contributed by atoms with Crippen LogP contribution in [0.3, 0.4) is 0 Å². The Hall–Kier alpha value is -1.33. The van der Waals surface area contributed by atoms with Crippen molar-refractivity contribution in [3.8, 4) is 0 Å². The first-order chi connectivity index (χ1) is 8.18. The Balaban J connectivity index is 2.07. The van der Waals surface area contributed by atoms with E-state index in [2.05, 4.69) is 31.2 Å². The number of rotatable bonds is 3. The molecule has 2 aromatic rings. The summed E-state index contributed by atoms with van der Waals surface area (Å²) in [4.78, 5) is 18.8. The van der Waals surface area contributed by atoms with E-state index in [9.17, 15) is 4.79 Å². The van der Waals surface area contributed by atoms with Crippen molar-refractivity contribution in [2.75, 3.05) is 0 Å². The molecular formula is C11H9BrClN3O. The average molecular weight is 315 g/mol. The Bertz CT molecular complexity index is 528. The lowest BCUT2D eigenvalue weighted by molar-refractivity contribution is 0.0950. The van der Waals surface area contributed by atoms with Gasteiger partial charge < -0.3 is 10.3 Å². The zero-order valence-corrected chi connectivity index (χ0v) is 11.0. The number of nitrogens with one attached hydrogen (secondary N) is 2. The Morgan fingerprint density at radius 1 is 1.53 bits per heavy atom. The van der Waals surface area contributed by atoms with Gasteiger partial charge in [-0.3, -0.25) is 4.79 Å². The predicted octanol–water partition coefficient (Wildman–Crippen LogP) is 2.76. The molecule has 4 nitrogen and oxygen atoms in total. The van der Waals surface area contributed by atoms with Crippen LogP contribution < -0.4 is 5.32 Å². The fraction of sp³-hybridized carbons (Fsp3) is 0.0909. The van der Waals surface area contributed by atoms with Gasteiger partial charge in [0.05, 0.1) is 17.1 Å². The third-order valence-electron chi connectivity index (χ3n) is 2.17. The molecule has 0 bridgehead atoms. The number of imidazole rings is 1. The molecule has 2 rings (SSSR count). The van der Waals surface area contributed by atoms with E-state index in [-0.39, 0.29) is 5.91 Å². The first kappa shape index (κ1) is 12.1. The van der Waals surface area contributed by atoms with Crippen molar-refractivity contribution in [2.45, 2.75) is 6.54 Å². The minimum atomic E-state index is -0.229. The van der Waals surface area contributed by atoms with Gasteiger partial charge in [0.1, 0.15) is 5.82 Å². The molecule has 6 heteroatoms. The van der Waals surface area contributed by atoms with Gasteiger partial charge in [-0.1, -0.05) is 17.7 Å². The van der Waals surface area contributed by atoms with Gasteiger partial charge in [0.15, 0.2) is 0 Å². The van der Waals surface area contributed by atoms with Crippen molar-refractivity contribution < 1.29 is 4.79 Å². The van der Waals surface area contributed by atoms with E-state index >= 15 is 0 Å². The first-order valence-corrected chi connectivity index (χ1v) is 6.06. The normalized spacial score (nSPS) is 10.2. The van der Waals surface area contributed by atoms with Crippen LogP contribution in [-0.2, 0) is 6.54 Å². The lowest BCUT2D eigenvalue weighted by Crippen LogP contribution is -2.23. The van der Waals surface area contributed by atoms with E-state index in [4.69, 9.17) is 11.6 Å². The van der Waals surface area contributed by atoms with E-state index in [0.717, 1.165) is 0 Å². The van der Waals surface area contributed by atoms with Gasteiger partial charge in [-0.05, 0) is 28.1 Å². The Morgan fingerprint density at radius 3 is 3.06 bits per heavy atom. The maximum Gasteiger partial charge on any atom is 0.253 e. The number of aromatic nitrogens is 2. The molecule has 0 aliphatic heterocycles. The van der Waals surface area contributed by atoms with E-state index in [1.807, 2.05) is 0 Å². The molecule has 0 radical (unpaired) electrons. The number of benzene rings is 1. The number of hydrogen-bond donors (Lipinski definition) is 2. The van der Waals surface area contributed by atoms with Gasteiger partial charge in [-0.15, -0.1) is 0 Å². The van der Waals surface area contributed by atoms with Crippen LogP contribution in [0.4, 0.5) is 0 Å². The molecule has 0 spiro atoms. The lowest BCUT2D eigenvalue weighted by Gasteiger charge is -2.06. The summed E-state index contributed by atoms with van der Waals surface area (Å²) in [7, 11) is 0. The summed E-state index contributed by atoms with van der Waals surface area (Å²) in [6, 6.07) is 5.22. The summed E-state index contributed by atoms with van der Waals surface area (Å²) in [5.74, 6) is 0.470. The van der Waals surface area contributed by atoms with E-state index in [1.165, 1.54) is 0 Å². The summed E-state index contributed by atoms with van der Waals surface area (Å²) in [5.41, 5.74) is 0.438. The zero-order valence-electron chi connectivity index (χ0n) is 8.71. The molecular weight excluding hydrogens is 305 g/mol. The minimum Gasteiger partial charge on any atom is -0.347 e. The predicted molar refractivity (Wildman–Crippen MR) is 68.9 cm³/mol. The van der Waals surface area contributed by atoms with E-state index in [0.29, 0.717) is 27.4 Å². The van der Waals surface area contributed by atoms with Crippen LogP contribution in [0.15, 0.2) is 35.1 Å². The average Bonchev–Trinajstić information content (AvgIpc) is 2.82. The Kier molecular flexibility index (Phi) is 3.81. The quantitative estimate of drug-likeness (QED) is 0.915. The molecule has 88 valence electrons. The second kappa shape index (κ2) is 5.33.